The fourth-order valence-electron chi connectivity index (χ4n) is 4.25. The van der Waals surface area contributed by atoms with Crippen molar-refractivity contribution in [1.82, 2.24) is 0 Å². The summed E-state index contributed by atoms with van der Waals surface area (Å²) in [6, 6.07) is 18.0. The van der Waals surface area contributed by atoms with E-state index in [1.807, 2.05) is 0 Å². The van der Waals surface area contributed by atoms with E-state index < -0.39 is 0 Å². The van der Waals surface area contributed by atoms with Gasteiger partial charge >= 0.3 is 0 Å². The van der Waals surface area contributed by atoms with Gasteiger partial charge in [0.25, 0.3) is 0 Å². The minimum Gasteiger partial charge on any atom is -0.0831 e. The zero-order valence-electron chi connectivity index (χ0n) is 13.2. The second kappa shape index (κ2) is 5.28. The van der Waals surface area contributed by atoms with Crippen LogP contribution in [-0.2, 0) is 5.41 Å². The number of allylic oxidation sites excluding steroid dienone is 4. The fraction of sp³-hybridized carbons (Fsp3) is 0.273. The third-order valence-corrected chi connectivity index (χ3v) is 5.30. The van der Waals surface area contributed by atoms with E-state index in [0.29, 0.717) is 0 Å². The van der Waals surface area contributed by atoms with E-state index in [2.05, 4.69) is 73.7 Å². The summed E-state index contributed by atoms with van der Waals surface area (Å²) >= 11 is 0. The molecule has 0 heteroatoms. The van der Waals surface area contributed by atoms with Gasteiger partial charge in [0.15, 0.2) is 0 Å². The predicted octanol–water partition coefficient (Wildman–Crippen LogP) is 6.03. The minimum atomic E-state index is 0.169. The lowest BCUT2D eigenvalue weighted by atomic mass is 9.72. The first-order chi connectivity index (χ1) is 10.8. The highest BCUT2D eigenvalue weighted by Gasteiger charge is 2.41. The van der Waals surface area contributed by atoms with E-state index in [1.54, 1.807) is 0 Å². The first-order valence-corrected chi connectivity index (χ1v) is 8.34. The van der Waals surface area contributed by atoms with Gasteiger partial charge in [-0.3, -0.25) is 0 Å². The first-order valence-electron chi connectivity index (χ1n) is 8.34. The Balaban J connectivity index is 1.91. The van der Waals surface area contributed by atoms with Crippen molar-refractivity contribution >= 4 is 0 Å². The number of hydrogen-bond donors (Lipinski definition) is 0. The Labute approximate surface area is 133 Å². The molecular weight excluding hydrogens is 264 g/mol. The summed E-state index contributed by atoms with van der Waals surface area (Å²) in [5.41, 5.74) is 7.51. The SMILES string of the molecule is CC1=C/CCCC2(C/C=C\1)c1ccccc1-c1ccccc12. The van der Waals surface area contributed by atoms with Crippen molar-refractivity contribution in [3.05, 3.63) is 83.5 Å². The standard InChI is InChI=1S/C22H22/c1-17-9-6-7-15-22(16-8-10-17)20-13-4-2-11-18(20)19-12-3-5-14-21(19)22/h2-5,8-14H,6-7,15-16H2,1H3/b10-8-,17-9-. The lowest BCUT2D eigenvalue weighted by Gasteiger charge is -2.31. The zero-order chi connectivity index (χ0) is 15.0. The van der Waals surface area contributed by atoms with Crippen molar-refractivity contribution in [2.24, 2.45) is 0 Å². The average molecular weight is 286 g/mol. The zero-order valence-corrected chi connectivity index (χ0v) is 13.2. The lowest BCUT2D eigenvalue weighted by molar-refractivity contribution is 0.473. The van der Waals surface area contributed by atoms with Crippen molar-refractivity contribution in [3.8, 4) is 11.1 Å². The van der Waals surface area contributed by atoms with Gasteiger partial charge in [0.2, 0.25) is 0 Å². The van der Waals surface area contributed by atoms with Crippen LogP contribution >= 0.6 is 0 Å². The van der Waals surface area contributed by atoms with Crippen LogP contribution in [0.4, 0.5) is 0 Å². The second-order valence-electron chi connectivity index (χ2n) is 6.62. The van der Waals surface area contributed by atoms with Crippen LogP contribution in [0.5, 0.6) is 0 Å². The van der Waals surface area contributed by atoms with E-state index >= 15 is 0 Å². The molecule has 110 valence electrons. The molecule has 2 aliphatic carbocycles. The van der Waals surface area contributed by atoms with Gasteiger partial charge in [0, 0.05) is 5.41 Å². The van der Waals surface area contributed by atoms with Crippen LogP contribution in [0.3, 0.4) is 0 Å². The van der Waals surface area contributed by atoms with Gasteiger partial charge in [0.05, 0.1) is 0 Å². The molecule has 0 bridgehead atoms. The number of fused-ring (bicyclic) bond motifs is 5. The molecule has 0 atom stereocenters. The van der Waals surface area contributed by atoms with Crippen molar-refractivity contribution in [1.29, 1.82) is 0 Å². The molecular formula is C22H22. The largest absolute Gasteiger partial charge is 0.0831 e. The molecule has 0 radical (unpaired) electrons. The normalized spacial score (nSPS) is 22.7. The predicted molar refractivity (Wildman–Crippen MR) is 94.0 cm³/mol. The molecule has 4 rings (SSSR count). The van der Waals surface area contributed by atoms with E-state index in [9.17, 15) is 0 Å². The molecule has 0 aromatic heterocycles. The summed E-state index contributed by atoms with van der Waals surface area (Å²) in [7, 11) is 0. The van der Waals surface area contributed by atoms with Crippen LogP contribution in [0.2, 0.25) is 0 Å². The molecule has 0 aliphatic heterocycles. The third kappa shape index (κ3) is 1.98. The molecule has 1 spiro atoms. The molecule has 22 heavy (non-hydrogen) atoms. The Morgan fingerprint density at radius 1 is 0.864 bits per heavy atom. The number of benzene rings is 2. The smallest absolute Gasteiger partial charge is 0.0249 e. The van der Waals surface area contributed by atoms with E-state index in [0.717, 1.165) is 6.42 Å². The van der Waals surface area contributed by atoms with Crippen LogP contribution < -0.4 is 0 Å². The molecule has 0 saturated carbocycles. The average Bonchev–Trinajstić information content (AvgIpc) is 2.88. The quantitative estimate of drug-likeness (QED) is 0.554. The summed E-state index contributed by atoms with van der Waals surface area (Å²) in [5.74, 6) is 0. The second-order valence-corrected chi connectivity index (χ2v) is 6.62. The van der Waals surface area contributed by atoms with Crippen molar-refractivity contribution in [2.75, 3.05) is 0 Å². The first kappa shape index (κ1) is 13.6. The summed E-state index contributed by atoms with van der Waals surface area (Å²) in [6.45, 7) is 2.21. The Kier molecular flexibility index (Phi) is 3.26. The molecule has 2 aliphatic rings. The Morgan fingerprint density at radius 3 is 2.18 bits per heavy atom. The minimum absolute atomic E-state index is 0.169. The Hall–Kier alpha value is -2.08. The number of hydrogen-bond acceptors (Lipinski definition) is 0. The van der Waals surface area contributed by atoms with E-state index in [4.69, 9.17) is 0 Å². The summed E-state index contributed by atoms with van der Waals surface area (Å²) in [4.78, 5) is 0. The topological polar surface area (TPSA) is 0 Å². The highest BCUT2D eigenvalue weighted by Crippen LogP contribution is 2.53. The molecule has 0 unspecified atom stereocenters. The summed E-state index contributed by atoms with van der Waals surface area (Å²) in [5, 5.41) is 0. The monoisotopic (exact) mass is 286 g/mol. The van der Waals surface area contributed by atoms with Gasteiger partial charge < -0.3 is 0 Å². The maximum atomic E-state index is 2.38. The maximum Gasteiger partial charge on any atom is 0.0249 e. The molecule has 0 heterocycles. The lowest BCUT2D eigenvalue weighted by Crippen LogP contribution is -2.24. The van der Waals surface area contributed by atoms with Gasteiger partial charge in [-0.15, -0.1) is 0 Å². The maximum absolute atomic E-state index is 2.38. The van der Waals surface area contributed by atoms with Crippen LogP contribution in [-0.4, -0.2) is 0 Å². The highest BCUT2D eigenvalue weighted by atomic mass is 14.4. The molecule has 0 amide bonds. The van der Waals surface area contributed by atoms with Gasteiger partial charge in [-0.2, -0.15) is 0 Å². The summed E-state index contributed by atoms with van der Waals surface area (Å²) in [6.07, 6.45) is 11.8. The van der Waals surface area contributed by atoms with Crippen LogP contribution in [0.1, 0.15) is 43.7 Å². The molecule has 0 nitrogen and oxygen atoms in total. The van der Waals surface area contributed by atoms with Gasteiger partial charge in [-0.05, 0) is 54.9 Å². The Morgan fingerprint density at radius 2 is 1.50 bits per heavy atom. The molecule has 2 aromatic rings. The van der Waals surface area contributed by atoms with Gasteiger partial charge in [-0.1, -0.05) is 72.3 Å². The third-order valence-electron chi connectivity index (χ3n) is 5.30. The van der Waals surface area contributed by atoms with Crippen LogP contribution in [0, 0.1) is 0 Å². The Bertz CT molecular complexity index is 716. The fourth-order valence-corrected chi connectivity index (χ4v) is 4.25. The van der Waals surface area contributed by atoms with Crippen molar-refractivity contribution in [3.63, 3.8) is 0 Å². The molecule has 0 fully saturated rings. The van der Waals surface area contributed by atoms with Crippen LogP contribution in [0.25, 0.3) is 11.1 Å². The van der Waals surface area contributed by atoms with Crippen molar-refractivity contribution < 1.29 is 0 Å². The van der Waals surface area contributed by atoms with Crippen LogP contribution in [0.15, 0.2) is 72.3 Å². The molecule has 0 N–H and O–H groups in total. The molecule has 2 aromatic carbocycles. The van der Waals surface area contributed by atoms with E-state index in [1.165, 1.54) is 47.1 Å². The van der Waals surface area contributed by atoms with E-state index in [-0.39, 0.29) is 5.41 Å². The highest BCUT2D eigenvalue weighted by molar-refractivity contribution is 5.81. The van der Waals surface area contributed by atoms with Gasteiger partial charge in [0.1, 0.15) is 0 Å². The van der Waals surface area contributed by atoms with Gasteiger partial charge in [-0.25, -0.2) is 0 Å². The number of rotatable bonds is 0. The van der Waals surface area contributed by atoms with Crippen molar-refractivity contribution in [2.45, 2.75) is 38.0 Å². The molecule has 0 saturated heterocycles. The summed E-state index contributed by atoms with van der Waals surface area (Å²) < 4.78 is 0.